The summed E-state index contributed by atoms with van der Waals surface area (Å²) in [5, 5.41) is 5.15. The lowest BCUT2D eigenvalue weighted by atomic mass is 10.1. The Morgan fingerprint density at radius 3 is 2.39 bits per heavy atom. The molecule has 0 aromatic carbocycles. The van der Waals surface area contributed by atoms with Gasteiger partial charge in [-0.25, -0.2) is 4.79 Å². The Hall–Kier alpha value is -2.49. The minimum absolute atomic E-state index is 0.00392. The Balaban J connectivity index is 2.42. The summed E-state index contributed by atoms with van der Waals surface area (Å²) >= 11 is 5.25. The highest BCUT2D eigenvalue weighted by molar-refractivity contribution is 7.80. The Morgan fingerprint density at radius 2 is 1.73 bits per heavy atom. The van der Waals surface area contributed by atoms with E-state index in [1.54, 1.807) is 6.92 Å². The van der Waals surface area contributed by atoms with Crippen LogP contribution in [0, 0.1) is 0 Å². The third-order valence-electron chi connectivity index (χ3n) is 5.10. The quantitative estimate of drug-likeness (QED) is 0.168. The van der Waals surface area contributed by atoms with E-state index in [4.69, 9.17) is 21.7 Å². The van der Waals surface area contributed by atoms with Crippen LogP contribution < -0.4 is 10.6 Å². The van der Waals surface area contributed by atoms with E-state index in [0.717, 1.165) is 31.4 Å². The maximum atomic E-state index is 12.3. The van der Waals surface area contributed by atoms with E-state index in [1.807, 2.05) is 0 Å². The smallest absolute Gasteiger partial charge is 0.330 e. The van der Waals surface area contributed by atoms with Gasteiger partial charge >= 0.3 is 11.9 Å². The molecule has 0 bridgehead atoms. The summed E-state index contributed by atoms with van der Waals surface area (Å²) in [7, 11) is 0. The van der Waals surface area contributed by atoms with Crippen LogP contribution in [0.3, 0.4) is 0 Å². The number of carbonyl (C=O) groups is 4. The lowest BCUT2D eigenvalue weighted by molar-refractivity contribution is -0.147. The average molecular weight is 484 g/mol. The first-order valence-electron chi connectivity index (χ1n) is 11.8. The highest BCUT2D eigenvalue weighted by Crippen LogP contribution is 2.12. The third kappa shape index (κ3) is 12.4. The van der Waals surface area contributed by atoms with Crippen molar-refractivity contribution in [2.45, 2.75) is 77.7 Å². The standard InChI is InChI=1S/C23H37N3O6S/c1-3-5-6-7-8-9-10-11-16-32-21(29)17-18-22(30)24-14-15-26(18)23(33)25-19(27)12-13-20(28)31-4-2/h12-13,18H,3-11,14-17H2,1-2H3,(H,24,30)(H,25,27,33)/b13-12+. The van der Waals surface area contributed by atoms with Gasteiger partial charge in [0.2, 0.25) is 11.8 Å². The molecule has 9 nitrogen and oxygen atoms in total. The summed E-state index contributed by atoms with van der Waals surface area (Å²) < 4.78 is 10.0. The molecule has 1 rings (SSSR count). The second kappa shape index (κ2) is 17.0. The van der Waals surface area contributed by atoms with Gasteiger partial charge in [-0.05, 0) is 25.6 Å². The molecular weight excluding hydrogens is 446 g/mol. The highest BCUT2D eigenvalue weighted by atomic mass is 32.1. The summed E-state index contributed by atoms with van der Waals surface area (Å²) in [6.45, 7) is 5.04. The van der Waals surface area contributed by atoms with Crippen molar-refractivity contribution in [2.24, 2.45) is 0 Å². The van der Waals surface area contributed by atoms with Crippen LogP contribution in [0.15, 0.2) is 12.2 Å². The summed E-state index contributed by atoms with van der Waals surface area (Å²) in [5.74, 6) is -2.12. The van der Waals surface area contributed by atoms with E-state index in [2.05, 4.69) is 17.6 Å². The molecule has 2 amide bonds. The van der Waals surface area contributed by atoms with Crippen LogP contribution in [-0.2, 0) is 28.7 Å². The van der Waals surface area contributed by atoms with E-state index in [0.29, 0.717) is 19.7 Å². The second-order valence-corrected chi connectivity index (χ2v) is 8.17. The average Bonchev–Trinajstić information content (AvgIpc) is 2.78. The van der Waals surface area contributed by atoms with Crippen LogP contribution in [0.1, 0.15) is 71.6 Å². The molecule has 33 heavy (non-hydrogen) atoms. The van der Waals surface area contributed by atoms with Crippen LogP contribution >= 0.6 is 12.2 Å². The van der Waals surface area contributed by atoms with Crippen molar-refractivity contribution in [1.29, 1.82) is 0 Å². The summed E-state index contributed by atoms with van der Waals surface area (Å²) in [5.41, 5.74) is 0. The number of piperazine rings is 1. The molecule has 0 aliphatic carbocycles. The molecule has 1 unspecified atom stereocenters. The molecule has 1 heterocycles. The molecule has 1 aliphatic heterocycles. The van der Waals surface area contributed by atoms with Gasteiger partial charge in [0.05, 0.1) is 19.6 Å². The molecule has 10 heteroatoms. The molecule has 1 saturated heterocycles. The van der Waals surface area contributed by atoms with Crippen LogP contribution in [0.2, 0.25) is 0 Å². The molecule has 0 radical (unpaired) electrons. The molecule has 0 aromatic rings. The highest BCUT2D eigenvalue weighted by Gasteiger charge is 2.34. The number of nitrogens with zero attached hydrogens (tertiary/aromatic N) is 1. The number of amides is 2. The van der Waals surface area contributed by atoms with Crippen LogP contribution in [0.5, 0.6) is 0 Å². The number of carbonyl (C=O) groups excluding carboxylic acids is 4. The van der Waals surface area contributed by atoms with Crippen molar-refractivity contribution in [3.8, 4) is 0 Å². The topological polar surface area (TPSA) is 114 Å². The number of rotatable bonds is 14. The number of ether oxygens (including phenoxy) is 2. The van der Waals surface area contributed by atoms with Crippen molar-refractivity contribution in [3.05, 3.63) is 12.2 Å². The molecule has 0 aromatic heterocycles. The predicted molar refractivity (Wildman–Crippen MR) is 128 cm³/mol. The molecule has 0 saturated carbocycles. The minimum Gasteiger partial charge on any atom is -0.466 e. The number of thiocarbonyl (C=S) groups is 1. The van der Waals surface area contributed by atoms with Gasteiger partial charge in [-0.1, -0.05) is 51.9 Å². The van der Waals surface area contributed by atoms with Gasteiger partial charge in [-0.3, -0.25) is 19.7 Å². The van der Waals surface area contributed by atoms with Crippen molar-refractivity contribution >= 4 is 41.1 Å². The second-order valence-electron chi connectivity index (χ2n) is 7.78. The molecular formula is C23H37N3O6S. The first kappa shape index (κ1) is 28.5. The molecule has 1 aliphatic rings. The SMILES string of the molecule is CCCCCCCCCCOC(=O)CC1C(=O)NCCN1C(=S)NC(=O)/C=C/C(=O)OCC. The van der Waals surface area contributed by atoms with Gasteiger partial charge in [-0.15, -0.1) is 0 Å². The number of unbranched alkanes of at least 4 members (excludes halogenated alkanes) is 7. The zero-order valence-corrected chi connectivity index (χ0v) is 20.5. The van der Waals surface area contributed by atoms with Gasteiger partial charge in [0, 0.05) is 25.2 Å². The number of esters is 2. The molecule has 1 fully saturated rings. The zero-order valence-electron chi connectivity index (χ0n) is 19.7. The predicted octanol–water partition coefficient (Wildman–Crippen LogP) is 2.38. The zero-order chi connectivity index (χ0) is 24.5. The maximum absolute atomic E-state index is 12.3. The number of nitrogens with one attached hydrogen (secondary N) is 2. The fraction of sp³-hybridized carbons (Fsp3) is 0.696. The first-order valence-corrected chi connectivity index (χ1v) is 12.2. The molecule has 0 spiro atoms. The summed E-state index contributed by atoms with van der Waals surface area (Å²) in [6, 6.07) is -0.869. The van der Waals surface area contributed by atoms with Gasteiger partial charge in [0.15, 0.2) is 5.11 Å². The molecule has 2 N–H and O–H groups in total. The fourth-order valence-electron chi connectivity index (χ4n) is 3.35. The van der Waals surface area contributed by atoms with Gasteiger partial charge in [0.1, 0.15) is 6.04 Å². The van der Waals surface area contributed by atoms with E-state index in [1.165, 1.54) is 37.0 Å². The third-order valence-corrected chi connectivity index (χ3v) is 5.44. The monoisotopic (exact) mass is 483 g/mol. The normalized spacial score (nSPS) is 15.8. The van der Waals surface area contributed by atoms with E-state index >= 15 is 0 Å². The first-order chi connectivity index (χ1) is 15.9. The lowest BCUT2D eigenvalue weighted by Crippen LogP contribution is -2.60. The molecule has 1 atom stereocenters. The lowest BCUT2D eigenvalue weighted by Gasteiger charge is -2.36. The van der Waals surface area contributed by atoms with Crippen LogP contribution in [-0.4, -0.2) is 66.1 Å². The van der Waals surface area contributed by atoms with E-state index in [9.17, 15) is 19.2 Å². The van der Waals surface area contributed by atoms with Crippen molar-refractivity contribution in [1.82, 2.24) is 15.5 Å². The Morgan fingerprint density at radius 1 is 1.06 bits per heavy atom. The Kier molecular flexibility index (Phi) is 14.7. The summed E-state index contributed by atoms with van der Waals surface area (Å²) in [4.78, 5) is 49.4. The van der Waals surface area contributed by atoms with Crippen molar-refractivity contribution in [3.63, 3.8) is 0 Å². The maximum Gasteiger partial charge on any atom is 0.330 e. The van der Waals surface area contributed by atoms with Crippen molar-refractivity contribution in [2.75, 3.05) is 26.3 Å². The largest absolute Gasteiger partial charge is 0.466 e. The number of hydrogen-bond donors (Lipinski definition) is 2. The fourth-order valence-corrected chi connectivity index (χ4v) is 3.67. The van der Waals surface area contributed by atoms with Gasteiger partial charge in [0.25, 0.3) is 0 Å². The van der Waals surface area contributed by atoms with E-state index < -0.39 is 23.9 Å². The number of hydrogen-bond acceptors (Lipinski definition) is 7. The van der Waals surface area contributed by atoms with Crippen LogP contribution in [0.4, 0.5) is 0 Å². The van der Waals surface area contributed by atoms with Crippen molar-refractivity contribution < 1.29 is 28.7 Å². The van der Waals surface area contributed by atoms with Gasteiger partial charge < -0.3 is 19.7 Å². The minimum atomic E-state index is -0.869. The molecule has 186 valence electrons. The Bertz CT molecular complexity index is 698. The van der Waals surface area contributed by atoms with Gasteiger partial charge in [-0.2, -0.15) is 0 Å². The van der Waals surface area contributed by atoms with E-state index in [-0.39, 0.29) is 24.0 Å². The Labute approximate surface area is 201 Å². The van der Waals surface area contributed by atoms with Crippen LogP contribution in [0.25, 0.3) is 0 Å². The summed E-state index contributed by atoms with van der Waals surface area (Å²) in [6.07, 6.45) is 11.0.